The van der Waals surface area contributed by atoms with Gasteiger partial charge in [-0.15, -0.1) is 0 Å². The summed E-state index contributed by atoms with van der Waals surface area (Å²) in [5.41, 5.74) is 5.60. The summed E-state index contributed by atoms with van der Waals surface area (Å²) >= 11 is 0. The first-order valence-electron chi connectivity index (χ1n) is 6.73. The third kappa shape index (κ3) is 4.92. The molecule has 0 spiro atoms. The molecule has 1 heterocycles. The van der Waals surface area contributed by atoms with Crippen LogP contribution < -0.4 is 15.8 Å². The first kappa shape index (κ1) is 14.8. The zero-order valence-electron chi connectivity index (χ0n) is 11.6. The second-order valence-electron chi connectivity index (χ2n) is 4.75. The minimum absolute atomic E-state index is 0.153. The molecule has 1 atom stereocenters. The standard InChI is InChI=1S/C14H25N3O/c1-4-12(7-8-15)10-17-14-13(18-11(2)3)6-5-9-16-14/h5-6,9,11-12H,4,7-8,10,15H2,1-3H3,(H,16,17). The van der Waals surface area contributed by atoms with Crippen LogP contribution in [-0.4, -0.2) is 24.2 Å². The van der Waals surface area contributed by atoms with Gasteiger partial charge in [-0.05, 0) is 44.9 Å². The van der Waals surface area contributed by atoms with Gasteiger partial charge in [0.2, 0.25) is 0 Å². The van der Waals surface area contributed by atoms with Gasteiger partial charge in [0.15, 0.2) is 11.6 Å². The number of nitrogens with two attached hydrogens (primary N) is 1. The number of nitrogens with zero attached hydrogens (tertiary/aromatic N) is 1. The minimum Gasteiger partial charge on any atom is -0.487 e. The second kappa shape index (κ2) is 7.93. The number of pyridine rings is 1. The summed E-state index contributed by atoms with van der Waals surface area (Å²) in [5, 5.41) is 3.36. The molecule has 0 aliphatic heterocycles. The van der Waals surface area contributed by atoms with Crippen LogP contribution in [0.3, 0.4) is 0 Å². The van der Waals surface area contributed by atoms with Crippen molar-refractivity contribution in [3.05, 3.63) is 18.3 Å². The van der Waals surface area contributed by atoms with Gasteiger partial charge >= 0.3 is 0 Å². The molecule has 4 nitrogen and oxygen atoms in total. The lowest BCUT2D eigenvalue weighted by molar-refractivity contribution is 0.242. The minimum atomic E-state index is 0.153. The number of nitrogens with one attached hydrogen (secondary N) is 1. The van der Waals surface area contributed by atoms with Gasteiger partial charge in [0.25, 0.3) is 0 Å². The molecular formula is C14H25N3O. The summed E-state index contributed by atoms with van der Waals surface area (Å²) < 4.78 is 5.72. The highest BCUT2D eigenvalue weighted by Crippen LogP contribution is 2.22. The molecule has 1 unspecified atom stereocenters. The van der Waals surface area contributed by atoms with Crippen molar-refractivity contribution in [3.63, 3.8) is 0 Å². The maximum absolute atomic E-state index is 5.72. The van der Waals surface area contributed by atoms with Gasteiger partial charge in [-0.1, -0.05) is 13.3 Å². The third-order valence-corrected chi connectivity index (χ3v) is 2.84. The van der Waals surface area contributed by atoms with Crippen molar-refractivity contribution in [1.82, 2.24) is 4.98 Å². The first-order chi connectivity index (χ1) is 8.67. The average molecular weight is 251 g/mol. The van der Waals surface area contributed by atoms with E-state index in [9.17, 15) is 0 Å². The maximum Gasteiger partial charge on any atom is 0.168 e. The molecule has 3 N–H and O–H groups in total. The number of aromatic nitrogens is 1. The van der Waals surface area contributed by atoms with E-state index in [-0.39, 0.29) is 6.10 Å². The summed E-state index contributed by atoms with van der Waals surface area (Å²) in [4.78, 5) is 4.33. The lowest BCUT2D eigenvalue weighted by Gasteiger charge is -2.18. The molecule has 0 radical (unpaired) electrons. The Morgan fingerprint density at radius 3 is 2.83 bits per heavy atom. The molecule has 0 fully saturated rings. The van der Waals surface area contributed by atoms with Crippen LogP contribution in [0.4, 0.5) is 5.82 Å². The molecule has 0 amide bonds. The van der Waals surface area contributed by atoms with E-state index >= 15 is 0 Å². The molecule has 4 heteroatoms. The molecule has 0 saturated carbocycles. The summed E-state index contributed by atoms with van der Waals surface area (Å²) in [7, 11) is 0. The van der Waals surface area contributed by atoms with Gasteiger partial charge in [-0.3, -0.25) is 0 Å². The summed E-state index contributed by atoms with van der Waals surface area (Å²) in [6.07, 6.45) is 4.09. The van der Waals surface area contributed by atoms with Crippen LogP contribution in [0.2, 0.25) is 0 Å². The Kier molecular flexibility index (Phi) is 6.50. The molecule has 0 aliphatic carbocycles. The van der Waals surface area contributed by atoms with Crippen LogP contribution in [0.1, 0.15) is 33.6 Å². The predicted molar refractivity (Wildman–Crippen MR) is 75.9 cm³/mol. The Morgan fingerprint density at radius 2 is 2.22 bits per heavy atom. The van der Waals surface area contributed by atoms with Crippen molar-refractivity contribution >= 4 is 5.82 Å². The highest BCUT2D eigenvalue weighted by atomic mass is 16.5. The monoisotopic (exact) mass is 251 g/mol. The Bertz CT molecular complexity index is 342. The highest BCUT2D eigenvalue weighted by molar-refractivity contribution is 5.49. The molecule has 0 saturated heterocycles. The lowest BCUT2D eigenvalue weighted by Crippen LogP contribution is -2.18. The zero-order chi connectivity index (χ0) is 13.4. The zero-order valence-corrected chi connectivity index (χ0v) is 11.6. The summed E-state index contributed by atoms with van der Waals surface area (Å²) in [5.74, 6) is 2.22. The molecular weight excluding hydrogens is 226 g/mol. The van der Waals surface area contributed by atoms with E-state index in [2.05, 4.69) is 17.2 Å². The number of ether oxygens (including phenoxy) is 1. The molecule has 102 valence electrons. The number of anilines is 1. The lowest BCUT2D eigenvalue weighted by atomic mass is 10.0. The van der Waals surface area contributed by atoms with Crippen LogP contribution in [0.5, 0.6) is 5.75 Å². The molecule has 1 aromatic rings. The van der Waals surface area contributed by atoms with Crippen LogP contribution in [0.25, 0.3) is 0 Å². The van der Waals surface area contributed by atoms with Crippen molar-refractivity contribution in [2.24, 2.45) is 11.7 Å². The maximum atomic E-state index is 5.72. The normalized spacial score (nSPS) is 12.5. The fraction of sp³-hybridized carbons (Fsp3) is 0.643. The Labute approximate surface area is 110 Å². The molecule has 0 aromatic carbocycles. The van der Waals surface area contributed by atoms with Crippen molar-refractivity contribution in [3.8, 4) is 5.75 Å². The molecule has 0 aliphatic rings. The van der Waals surface area contributed by atoms with Gasteiger partial charge < -0.3 is 15.8 Å². The van der Waals surface area contributed by atoms with E-state index < -0.39 is 0 Å². The van der Waals surface area contributed by atoms with Crippen LogP contribution in [0, 0.1) is 5.92 Å². The van der Waals surface area contributed by atoms with Crippen LogP contribution in [-0.2, 0) is 0 Å². The van der Waals surface area contributed by atoms with Crippen molar-refractivity contribution in [2.45, 2.75) is 39.7 Å². The van der Waals surface area contributed by atoms with E-state index in [1.165, 1.54) is 0 Å². The van der Waals surface area contributed by atoms with E-state index in [4.69, 9.17) is 10.5 Å². The third-order valence-electron chi connectivity index (χ3n) is 2.84. The van der Waals surface area contributed by atoms with Crippen molar-refractivity contribution in [1.29, 1.82) is 0 Å². The summed E-state index contributed by atoms with van der Waals surface area (Å²) in [6.45, 7) is 7.84. The Hall–Kier alpha value is -1.29. The van der Waals surface area contributed by atoms with Gasteiger partial charge in [-0.2, -0.15) is 0 Å². The molecule has 1 rings (SSSR count). The van der Waals surface area contributed by atoms with E-state index in [0.717, 1.165) is 37.5 Å². The van der Waals surface area contributed by atoms with Crippen molar-refractivity contribution < 1.29 is 4.74 Å². The van der Waals surface area contributed by atoms with Crippen LogP contribution in [0.15, 0.2) is 18.3 Å². The van der Waals surface area contributed by atoms with Gasteiger partial charge in [0.05, 0.1) is 6.10 Å². The second-order valence-corrected chi connectivity index (χ2v) is 4.75. The fourth-order valence-electron chi connectivity index (χ4n) is 1.80. The first-order valence-corrected chi connectivity index (χ1v) is 6.73. The fourth-order valence-corrected chi connectivity index (χ4v) is 1.80. The van der Waals surface area contributed by atoms with Gasteiger partial charge in [0, 0.05) is 12.7 Å². The SMILES string of the molecule is CCC(CCN)CNc1ncccc1OC(C)C. The quantitative estimate of drug-likeness (QED) is 0.745. The molecule has 1 aromatic heterocycles. The predicted octanol–water partition coefficient (Wildman–Crippen LogP) is 2.66. The summed E-state index contributed by atoms with van der Waals surface area (Å²) in [6, 6.07) is 3.83. The Balaban J connectivity index is 2.60. The number of hydrogen-bond donors (Lipinski definition) is 2. The van der Waals surface area contributed by atoms with E-state index in [1.807, 2.05) is 26.0 Å². The van der Waals surface area contributed by atoms with Gasteiger partial charge in [-0.25, -0.2) is 4.98 Å². The van der Waals surface area contributed by atoms with E-state index in [0.29, 0.717) is 5.92 Å². The van der Waals surface area contributed by atoms with Crippen LogP contribution >= 0.6 is 0 Å². The van der Waals surface area contributed by atoms with E-state index in [1.54, 1.807) is 6.20 Å². The molecule has 0 bridgehead atoms. The largest absolute Gasteiger partial charge is 0.487 e. The highest BCUT2D eigenvalue weighted by Gasteiger charge is 2.09. The topological polar surface area (TPSA) is 60.2 Å². The van der Waals surface area contributed by atoms with Gasteiger partial charge in [0.1, 0.15) is 0 Å². The average Bonchev–Trinajstić information content (AvgIpc) is 2.35. The smallest absolute Gasteiger partial charge is 0.168 e. The number of hydrogen-bond acceptors (Lipinski definition) is 4. The number of rotatable bonds is 8. The Morgan fingerprint density at radius 1 is 1.44 bits per heavy atom. The van der Waals surface area contributed by atoms with Crippen molar-refractivity contribution in [2.75, 3.05) is 18.4 Å². The molecule has 18 heavy (non-hydrogen) atoms.